The normalized spacial score (nSPS) is 22.9. The standard InChI is InChI=1S/C22H30N2O5/c1-2-3-14-29-22(28)16-7-9-18(10-8-16)24-20(26)15-19(21(24)27)23-12-5-4-6-17(23)11-13-25/h7-10,17,19,25H,2-6,11-15H2,1H3/t17-,19-/m0/s1. The zero-order valence-electron chi connectivity index (χ0n) is 17.0. The molecule has 0 aliphatic carbocycles. The highest BCUT2D eigenvalue weighted by Gasteiger charge is 2.44. The van der Waals surface area contributed by atoms with Crippen LogP contribution in [0.4, 0.5) is 5.69 Å². The van der Waals surface area contributed by atoms with Crippen molar-refractivity contribution < 1.29 is 24.2 Å². The minimum absolute atomic E-state index is 0.0789. The molecule has 7 heteroatoms. The summed E-state index contributed by atoms with van der Waals surface area (Å²) >= 11 is 0. The number of piperidine rings is 1. The lowest BCUT2D eigenvalue weighted by atomic mass is 9.97. The molecule has 2 heterocycles. The van der Waals surface area contributed by atoms with Crippen molar-refractivity contribution >= 4 is 23.5 Å². The monoisotopic (exact) mass is 402 g/mol. The number of benzene rings is 1. The summed E-state index contributed by atoms with van der Waals surface area (Å²) in [5.41, 5.74) is 0.878. The van der Waals surface area contributed by atoms with Gasteiger partial charge in [0.25, 0.3) is 5.91 Å². The molecular formula is C22H30N2O5. The van der Waals surface area contributed by atoms with Crippen molar-refractivity contribution in [1.82, 2.24) is 4.90 Å². The second-order valence-corrected chi connectivity index (χ2v) is 7.72. The number of aliphatic hydroxyl groups is 1. The van der Waals surface area contributed by atoms with Crippen molar-refractivity contribution in [3.8, 4) is 0 Å². The minimum Gasteiger partial charge on any atom is -0.462 e. The van der Waals surface area contributed by atoms with Gasteiger partial charge in [-0.2, -0.15) is 0 Å². The second kappa shape index (κ2) is 9.98. The van der Waals surface area contributed by atoms with E-state index in [4.69, 9.17) is 4.74 Å². The molecule has 0 aromatic heterocycles. The number of carbonyl (C=O) groups excluding carboxylic acids is 3. The predicted molar refractivity (Wildman–Crippen MR) is 109 cm³/mol. The average molecular weight is 402 g/mol. The minimum atomic E-state index is -0.474. The first-order valence-corrected chi connectivity index (χ1v) is 10.6. The first kappa shape index (κ1) is 21.5. The van der Waals surface area contributed by atoms with Crippen molar-refractivity contribution in [2.75, 3.05) is 24.7 Å². The molecule has 2 fully saturated rings. The van der Waals surface area contributed by atoms with E-state index in [1.54, 1.807) is 24.3 Å². The summed E-state index contributed by atoms with van der Waals surface area (Å²) in [6.07, 6.45) is 5.55. The third kappa shape index (κ3) is 4.85. The Morgan fingerprint density at radius 3 is 2.66 bits per heavy atom. The van der Waals surface area contributed by atoms with Crippen molar-refractivity contribution in [3.05, 3.63) is 29.8 Å². The molecule has 2 aliphatic rings. The molecule has 7 nitrogen and oxygen atoms in total. The van der Waals surface area contributed by atoms with Crippen LogP contribution in [0.1, 0.15) is 62.2 Å². The molecule has 2 atom stereocenters. The van der Waals surface area contributed by atoms with Crippen molar-refractivity contribution in [1.29, 1.82) is 0 Å². The van der Waals surface area contributed by atoms with Gasteiger partial charge in [-0.05, 0) is 56.5 Å². The Hall–Kier alpha value is -2.25. The number of hydrogen-bond donors (Lipinski definition) is 1. The smallest absolute Gasteiger partial charge is 0.338 e. The van der Waals surface area contributed by atoms with Crippen LogP contribution in [0.2, 0.25) is 0 Å². The van der Waals surface area contributed by atoms with Crippen LogP contribution in [0.5, 0.6) is 0 Å². The number of rotatable bonds is 8. The Balaban J connectivity index is 1.70. The number of unbranched alkanes of at least 4 members (excludes halogenated alkanes) is 1. The van der Waals surface area contributed by atoms with Gasteiger partial charge >= 0.3 is 5.97 Å². The molecule has 29 heavy (non-hydrogen) atoms. The van der Waals surface area contributed by atoms with Gasteiger partial charge in [0.05, 0.1) is 30.3 Å². The molecule has 3 rings (SSSR count). The number of imide groups is 1. The molecule has 158 valence electrons. The van der Waals surface area contributed by atoms with Crippen LogP contribution in [0.15, 0.2) is 24.3 Å². The maximum atomic E-state index is 13.1. The maximum Gasteiger partial charge on any atom is 0.338 e. The van der Waals surface area contributed by atoms with Gasteiger partial charge < -0.3 is 9.84 Å². The highest BCUT2D eigenvalue weighted by molar-refractivity contribution is 6.22. The molecule has 0 bridgehead atoms. The number of ether oxygens (including phenoxy) is 1. The highest BCUT2D eigenvalue weighted by atomic mass is 16.5. The van der Waals surface area contributed by atoms with E-state index in [2.05, 4.69) is 4.90 Å². The third-order valence-corrected chi connectivity index (χ3v) is 5.75. The summed E-state index contributed by atoms with van der Waals surface area (Å²) in [6.45, 7) is 3.25. The van der Waals surface area contributed by atoms with E-state index in [9.17, 15) is 19.5 Å². The molecule has 0 unspecified atom stereocenters. The zero-order valence-corrected chi connectivity index (χ0v) is 17.0. The van der Waals surface area contributed by atoms with Crippen LogP contribution in [-0.2, 0) is 14.3 Å². The van der Waals surface area contributed by atoms with E-state index in [0.29, 0.717) is 24.3 Å². The Kier molecular flexibility index (Phi) is 7.39. The topological polar surface area (TPSA) is 87.2 Å². The molecule has 1 aromatic rings. The van der Waals surface area contributed by atoms with E-state index < -0.39 is 12.0 Å². The summed E-state index contributed by atoms with van der Waals surface area (Å²) in [4.78, 5) is 41.1. The largest absolute Gasteiger partial charge is 0.462 e. The van der Waals surface area contributed by atoms with E-state index in [0.717, 1.165) is 38.6 Å². The third-order valence-electron chi connectivity index (χ3n) is 5.75. The van der Waals surface area contributed by atoms with Gasteiger partial charge in [0.1, 0.15) is 0 Å². The first-order chi connectivity index (χ1) is 14.1. The van der Waals surface area contributed by atoms with Gasteiger partial charge in [0.15, 0.2) is 0 Å². The van der Waals surface area contributed by atoms with Gasteiger partial charge in [-0.3, -0.25) is 14.5 Å². The van der Waals surface area contributed by atoms with E-state index in [1.165, 1.54) is 4.90 Å². The molecule has 2 amide bonds. The van der Waals surface area contributed by atoms with Gasteiger partial charge in [-0.25, -0.2) is 9.69 Å². The molecule has 0 saturated carbocycles. The number of esters is 1. The number of aliphatic hydroxyl groups excluding tert-OH is 1. The molecular weight excluding hydrogens is 372 g/mol. The predicted octanol–water partition coefficient (Wildman–Crippen LogP) is 2.51. The Bertz CT molecular complexity index is 731. The highest BCUT2D eigenvalue weighted by Crippen LogP contribution is 2.30. The molecule has 2 aliphatic heterocycles. The van der Waals surface area contributed by atoms with Crippen LogP contribution < -0.4 is 4.90 Å². The zero-order chi connectivity index (χ0) is 20.8. The summed E-state index contributed by atoms with van der Waals surface area (Å²) in [6, 6.07) is 6.08. The van der Waals surface area contributed by atoms with Crippen LogP contribution >= 0.6 is 0 Å². The molecule has 0 spiro atoms. The van der Waals surface area contributed by atoms with Crippen LogP contribution in [0.3, 0.4) is 0 Å². The number of hydrogen-bond acceptors (Lipinski definition) is 6. The molecule has 1 aromatic carbocycles. The van der Waals surface area contributed by atoms with Gasteiger partial charge in [-0.1, -0.05) is 19.8 Å². The van der Waals surface area contributed by atoms with E-state index in [1.807, 2.05) is 6.92 Å². The van der Waals surface area contributed by atoms with Crippen LogP contribution in [0, 0.1) is 0 Å². The quantitative estimate of drug-likeness (QED) is 0.408. The maximum absolute atomic E-state index is 13.1. The number of likely N-dealkylation sites (tertiary alicyclic amines) is 1. The molecule has 0 radical (unpaired) electrons. The van der Waals surface area contributed by atoms with Gasteiger partial charge in [-0.15, -0.1) is 0 Å². The van der Waals surface area contributed by atoms with Gasteiger partial charge in [0, 0.05) is 12.6 Å². The fourth-order valence-electron chi connectivity index (χ4n) is 4.18. The van der Waals surface area contributed by atoms with E-state index >= 15 is 0 Å². The van der Waals surface area contributed by atoms with E-state index in [-0.39, 0.29) is 30.9 Å². The Labute approximate surface area is 171 Å². The molecule has 1 N–H and O–H groups in total. The van der Waals surface area contributed by atoms with Crippen LogP contribution in [0.25, 0.3) is 0 Å². The number of anilines is 1. The fourth-order valence-corrected chi connectivity index (χ4v) is 4.18. The SMILES string of the molecule is CCCCOC(=O)c1ccc(N2C(=O)C[C@H](N3CCCC[C@H]3CCO)C2=O)cc1. The summed E-state index contributed by atoms with van der Waals surface area (Å²) < 4.78 is 5.19. The summed E-state index contributed by atoms with van der Waals surface area (Å²) in [7, 11) is 0. The lowest BCUT2D eigenvalue weighted by Gasteiger charge is -2.38. The first-order valence-electron chi connectivity index (χ1n) is 10.6. The summed E-state index contributed by atoms with van der Waals surface area (Å²) in [5, 5.41) is 9.34. The lowest BCUT2D eigenvalue weighted by molar-refractivity contribution is -0.123. The molecule has 2 saturated heterocycles. The number of amides is 2. The number of nitrogens with zero attached hydrogens (tertiary/aromatic N) is 2. The lowest BCUT2D eigenvalue weighted by Crippen LogP contribution is -2.50. The summed E-state index contributed by atoms with van der Waals surface area (Å²) in [5.74, 6) is -0.855. The Morgan fingerprint density at radius 2 is 1.97 bits per heavy atom. The average Bonchev–Trinajstić information content (AvgIpc) is 3.03. The Morgan fingerprint density at radius 1 is 1.21 bits per heavy atom. The van der Waals surface area contributed by atoms with Gasteiger partial charge in [0.2, 0.25) is 5.91 Å². The van der Waals surface area contributed by atoms with Crippen molar-refractivity contribution in [3.63, 3.8) is 0 Å². The van der Waals surface area contributed by atoms with Crippen molar-refractivity contribution in [2.24, 2.45) is 0 Å². The number of carbonyl (C=O) groups is 3. The second-order valence-electron chi connectivity index (χ2n) is 7.72. The fraction of sp³-hybridized carbons (Fsp3) is 0.591. The van der Waals surface area contributed by atoms with Crippen molar-refractivity contribution in [2.45, 2.75) is 64.0 Å². The van der Waals surface area contributed by atoms with Crippen LogP contribution in [-0.4, -0.2) is 59.6 Å².